The van der Waals surface area contributed by atoms with Gasteiger partial charge in [-0.25, -0.2) is 0 Å². The van der Waals surface area contributed by atoms with Crippen molar-refractivity contribution in [3.8, 4) is 23.0 Å². The largest absolute Gasteiger partial charge is 0.507 e. The molecule has 4 rings (SSSR count). The molecule has 0 saturated carbocycles. The summed E-state index contributed by atoms with van der Waals surface area (Å²) in [6.07, 6.45) is -0.0794. The summed E-state index contributed by atoms with van der Waals surface area (Å²) in [5.74, 6) is -0.00487. The zero-order valence-electron chi connectivity index (χ0n) is 21.3. The minimum atomic E-state index is -0.931. The lowest BCUT2D eigenvalue weighted by Gasteiger charge is -2.26. The molecule has 0 bridgehead atoms. The van der Waals surface area contributed by atoms with Gasteiger partial charge in [-0.05, 0) is 74.0 Å². The summed E-state index contributed by atoms with van der Waals surface area (Å²) in [5, 5.41) is 11.5. The number of ether oxygens (including phenoxy) is 4. The van der Waals surface area contributed by atoms with E-state index in [4.69, 9.17) is 18.9 Å². The molecule has 1 saturated heterocycles. The maximum absolute atomic E-state index is 13.5. The summed E-state index contributed by atoms with van der Waals surface area (Å²) in [6, 6.07) is 17.9. The molecule has 3 aromatic carbocycles. The number of methoxy groups -OCH3 is 3. The van der Waals surface area contributed by atoms with Crippen molar-refractivity contribution in [2.45, 2.75) is 26.0 Å². The predicted molar refractivity (Wildman–Crippen MR) is 140 cm³/mol. The molecule has 1 atom stereocenters. The molecule has 1 aliphatic heterocycles. The van der Waals surface area contributed by atoms with Crippen molar-refractivity contribution in [3.63, 3.8) is 0 Å². The van der Waals surface area contributed by atoms with E-state index in [1.807, 2.05) is 13.8 Å². The van der Waals surface area contributed by atoms with Crippen LogP contribution < -0.4 is 23.8 Å². The molecule has 37 heavy (non-hydrogen) atoms. The van der Waals surface area contributed by atoms with E-state index in [0.29, 0.717) is 34.2 Å². The van der Waals surface area contributed by atoms with Crippen molar-refractivity contribution in [3.05, 3.63) is 83.4 Å². The maximum atomic E-state index is 13.5. The summed E-state index contributed by atoms with van der Waals surface area (Å²) in [5.41, 5.74) is 1.22. The van der Waals surface area contributed by atoms with Gasteiger partial charge in [-0.1, -0.05) is 12.1 Å². The van der Waals surface area contributed by atoms with Crippen LogP contribution in [0.3, 0.4) is 0 Å². The molecule has 1 unspecified atom stereocenters. The average Bonchev–Trinajstić information content (AvgIpc) is 3.17. The lowest BCUT2D eigenvalue weighted by molar-refractivity contribution is -0.132. The first-order valence-electron chi connectivity index (χ1n) is 11.7. The first kappa shape index (κ1) is 25.6. The van der Waals surface area contributed by atoms with Gasteiger partial charge in [0.2, 0.25) is 0 Å². The SMILES string of the molecule is COc1ccc(N2C(=O)C(=O)/C(=C(/O)c3cc(OC)ccc3OC)C2c2cccc(OC(C)C)c2)cc1. The van der Waals surface area contributed by atoms with Crippen LogP contribution in [0.4, 0.5) is 5.69 Å². The van der Waals surface area contributed by atoms with Crippen LogP contribution in [0.15, 0.2) is 72.3 Å². The zero-order valence-corrected chi connectivity index (χ0v) is 21.3. The Morgan fingerprint density at radius 1 is 0.838 bits per heavy atom. The molecule has 0 aliphatic carbocycles. The molecule has 1 amide bonds. The fraction of sp³-hybridized carbons (Fsp3) is 0.241. The molecule has 1 aliphatic rings. The number of ketones is 1. The van der Waals surface area contributed by atoms with Crippen LogP contribution in [0.25, 0.3) is 5.76 Å². The van der Waals surface area contributed by atoms with Gasteiger partial charge < -0.3 is 24.1 Å². The molecule has 0 radical (unpaired) electrons. The van der Waals surface area contributed by atoms with Crippen molar-refractivity contribution >= 4 is 23.1 Å². The third-order valence-electron chi connectivity index (χ3n) is 6.00. The van der Waals surface area contributed by atoms with Crippen molar-refractivity contribution in [1.82, 2.24) is 0 Å². The standard InChI is InChI=1S/C29H29NO7/c1-17(2)37-22-8-6-7-18(15-22)26-25(27(31)23-16-21(35-4)13-14-24(23)36-5)28(32)29(33)30(26)19-9-11-20(34-3)12-10-19/h6-17,26,31H,1-5H3/b27-25+. The molecule has 3 aromatic rings. The van der Waals surface area contributed by atoms with Crippen LogP contribution in [-0.2, 0) is 9.59 Å². The van der Waals surface area contributed by atoms with E-state index in [2.05, 4.69) is 0 Å². The number of carbonyl (C=O) groups excluding carboxylic acids is 2. The second-order valence-electron chi connectivity index (χ2n) is 8.67. The van der Waals surface area contributed by atoms with Crippen LogP contribution in [0.2, 0.25) is 0 Å². The third kappa shape index (κ3) is 4.95. The number of anilines is 1. The zero-order chi connectivity index (χ0) is 26.7. The van der Waals surface area contributed by atoms with Crippen molar-refractivity contribution < 1.29 is 33.6 Å². The van der Waals surface area contributed by atoms with E-state index in [1.54, 1.807) is 73.8 Å². The first-order chi connectivity index (χ1) is 17.8. The highest BCUT2D eigenvalue weighted by atomic mass is 16.5. The van der Waals surface area contributed by atoms with Gasteiger partial charge in [0.15, 0.2) is 0 Å². The fourth-order valence-corrected chi connectivity index (χ4v) is 4.33. The molecule has 1 heterocycles. The number of benzene rings is 3. The van der Waals surface area contributed by atoms with Gasteiger partial charge in [-0.3, -0.25) is 14.5 Å². The Labute approximate surface area is 215 Å². The van der Waals surface area contributed by atoms with E-state index < -0.39 is 17.7 Å². The number of carbonyl (C=O) groups is 2. The molecule has 0 aromatic heterocycles. The second-order valence-corrected chi connectivity index (χ2v) is 8.67. The molecule has 1 N–H and O–H groups in total. The van der Waals surface area contributed by atoms with Gasteiger partial charge in [-0.2, -0.15) is 0 Å². The topological polar surface area (TPSA) is 94.5 Å². The number of amides is 1. The van der Waals surface area contributed by atoms with Gasteiger partial charge >= 0.3 is 0 Å². The Morgan fingerprint density at radius 2 is 1.51 bits per heavy atom. The number of Topliss-reactive ketones (excluding diaryl/α,β-unsaturated/α-hetero) is 1. The van der Waals surface area contributed by atoms with E-state index in [-0.39, 0.29) is 23.0 Å². The van der Waals surface area contributed by atoms with E-state index in [9.17, 15) is 14.7 Å². The van der Waals surface area contributed by atoms with Gasteiger partial charge in [0.05, 0.1) is 44.6 Å². The number of hydrogen-bond donors (Lipinski definition) is 1. The van der Waals surface area contributed by atoms with Crippen molar-refractivity contribution in [2.24, 2.45) is 0 Å². The van der Waals surface area contributed by atoms with E-state index in [0.717, 1.165) is 0 Å². The smallest absolute Gasteiger partial charge is 0.300 e. The summed E-state index contributed by atoms with van der Waals surface area (Å²) in [7, 11) is 4.50. The molecule has 192 valence electrons. The number of rotatable bonds is 8. The number of aliphatic hydroxyl groups is 1. The van der Waals surface area contributed by atoms with Crippen LogP contribution in [0.5, 0.6) is 23.0 Å². The Hall–Kier alpha value is -4.46. The Kier molecular flexibility index (Phi) is 7.38. The molecule has 0 spiro atoms. The van der Waals surface area contributed by atoms with E-state index >= 15 is 0 Å². The average molecular weight is 504 g/mol. The number of nitrogens with zero attached hydrogens (tertiary/aromatic N) is 1. The van der Waals surface area contributed by atoms with Gasteiger partial charge in [0.1, 0.15) is 28.8 Å². The van der Waals surface area contributed by atoms with Crippen LogP contribution >= 0.6 is 0 Å². The highest BCUT2D eigenvalue weighted by Gasteiger charge is 2.47. The monoisotopic (exact) mass is 503 g/mol. The quantitative estimate of drug-likeness (QED) is 0.259. The molecule has 1 fully saturated rings. The summed E-state index contributed by atoms with van der Waals surface area (Å²) >= 11 is 0. The Balaban J connectivity index is 1.96. The minimum Gasteiger partial charge on any atom is -0.507 e. The second kappa shape index (κ2) is 10.7. The lowest BCUT2D eigenvalue weighted by atomic mass is 9.94. The first-order valence-corrected chi connectivity index (χ1v) is 11.7. The molecular weight excluding hydrogens is 474 g/mol. The van der Waals surface area contributed by atoms with Crippen LogP contribution in [0.1, 0.15) is 31.0 Å². The van der Waals surface area contributed by atoms with E-state index in [1.165, 1.54) is 19.1 Å². The lowest BCUT2D eigenvalue weighted by Crippen LogP contribution is -2.29. The summed E-state index contributed by atoms with van der Waals surface area (Å²) in [4.78, 5) is 28.3. The van der Waals surface area contributed by atoms with Crippen molar-refractivity contribution in [2.75, 3.05) is 26.2 Å². The normalized spacial score (nSPS) is 16.7. The van der Waals surface area contributed by atoms with Crippen LogP contribution in [0, 0.1) is 0 Å². The number of aliphatic hydroxyl groups excluding tert-OH is 1. The van der Waals surface area contributed by atoms with Crippen LogP contribution in [-0.4, -0.2) is 44.2 Å². The molecular formula is C29H29NO7. The predicted octanol–water partition coefficient (Wildman–Crippen LogP) is 5.13. The minimum absolute atomic E-state index is 0.0749. The summed E-state index contributed by atoms with van der Waals surface area (Å²) in [6.45, 7) is 3.82. The highest BCUT2D eigenvalue weighted by molar-refractivity contribution is 6.51. The van der Waals surface area contributed by atoms with Gasteiger partial charge in [0.25, 0.3) is 11.7 Å². The fourth-order valence-electron chi connectivity index (χ4n) is 4.33. The Bertz CT molecular complexity index is 1340. The van der Waals surface area contributed by atoms with Gasteiger partial charge in [0, 0.05) is 5.69 Å². The molecule has 8 nitrogen and oxygen atoms in total. The Morgan fingerprint density at radius 3 is 2.14 bits per heavy atom. The third-order valence-corrected chi connectivity index (χ3v) is 6.00. The van der Waals surface area contributed by atoms with Gasteiger partial charge in [-0.15, -0.1) is 0 Å². The summed E-state index contributed by atoms with van der Waals surface area (Å²) < 4.78 is 21.9. The maximum Gasteiger partial charge on any atom is 0.300 e. The number of hydrogen-bond acceptors (Lipinski definition) is 7. The highest BCUT2D eigenvalue weighted by Crippen LogP contribution is 2.44. The van der Waals surface area contributed by atoms with Crippen molar-refractivity contribution in [1.29, 1.82) is 0 Å². The molecule has 8 heteroatoms.